The maximum Gasteiger partial charge on any atom is 0.173 e. The van der Waals surface area contributed by atoms with Crippen molar-refractivity contribution in [2.45, 2.75) is 11.9 Å². The third-order valence-corrected chi connectivity index (χ3v) is 4.41. The lowest BCUT2D eigenvalue weighted by molar-refractivity contribution is 0.102. The minimum absolute atomic E-state index is 0.153. The highest BCUT2D eigenvalue weighted by molar-refractivity contribution is 8.00. The minimum atomic E-state index is -0.303. The first-order valence-electron chi connectivity index (χ1n) is 6.96. The van der Waals surface area contributed by atoms with Crippen LogP contribution in [-0.4, -0.2) is 31.7 Å². The molecule has 23 heavy (non-hydrogen) atoms. The molecule has 1 aromatic heterocycles. The van der Waals surface area contributed by atoms with Crippen LogP contribution in [0.5, 0.6) is 11.5 Å². The number of rotatable bonds is 4. The second kappa shape index (κ2) is 6.26. The molecular formula is C17H14N2O3S. The van der Waals surface area contributed by atoms with E-state index >= 15 is 0 Å². The highest BCUT2D eigenvalue weighted by Gasteiger charge is 2.12. The van der Waals surface area contributed by atoms with Crippen molar-refractivity contribution >= 4 is 28.6 Å². The summed E-state index contributed by atoms with van der Waals surface area (Å²) in [6.45, 7) is 1.86. The molecule has 0 bridgehead atoms. The molecule has 1 heterocycles. The van der Waals surface area contributed by atoms with E-state index in [-0.39, 0.29) is 23.0 Å². The first-order valence-corrected chi connectivity index (χ1v) is 7.94. The summed E-state index contributed by atoms with van der Waals surface area (Å²) in [4.78, 5) is 21.2. The van der Waals surface area contributed by atoms with E-state index in [1.807, 2.05) is 31.2 Å². The van der Waals surface area contributed by atoms with Crippen molar-refractivity contribution in [1.29, 1.82) is 0 Å². The van der Waals surface area contributed by atoms with E-state index in [1.165, 1.54) is 30.0 Å². The highest BCUT2D eigenvalue weighted by Crippen LogP contribution is 2.27. The molecule has 3 rings (SSSR count). The fourth-order valence-corrected chi connectivity index (χ4v) is 2.97. The van der Waals surface area contributed by atoms with Gasteiger partial charge in [0, 0.05) is 5.56 Å². The van der Waals surface area contributed by atoms with E-state index in [0.717, 1.165) is 16.7 Å². The molecule has 0 spiro atoms. The van der Waals surface area contributed by atoms with Gasteiger partial charge in [-0.15, -0.1) is 0 Å². The van der Waals surface area contributed by atoms with Gasteiger partial charge in [-0.05, 0) is 37.3 Å². The Balaban J connectivity index is 1.78. The van der Waals surface area contributed by atoms with Crippen molar-refractivity contribution in [3.63, 3.8) is 0 Å². The van der Waals surface area contributed by atoms with Crippen molar-refractivity contribution in [2.75, 3.05) is 5.75 Å². The van der Waals surface area contributed by atoms with Crippen LogP contribution in [0.4, 0.5) is 0 Å². The lowest BCUT2D eigenvalue weighted by Crippen LogP contribution is -2.03. The summed E-state index contributed by atoms with van der Waals surface area (Å²) in [6.07, 6.45) is 0. The number of carbonyl (C=O) groups excluding carboxylic acids is 1. The van der Waals surface area contributed by atoms with Gasteiger partial charge in [-0.25, -0.2) is 9.97 Å². The Morgan fingerprint density at radius 2 is 1.74 bits per heavy atom. The van der Waals surface area contributed by atoms with Gasteiger partial charge in [-0.3, -0.25) is 4.79 Å². The van der Waals surface area contributed by atoms with E-state index in [0.29, 0.717) is 10.6 Å². The molecule has 0 aliphatic heterocycles. The number of hydrogen-bond acceptors (Lipinski definition) is 6. The Bertz CT molecular complexity index is 896. The summed E-state index contributed by atoms with van der Waals surface area (Å²) in [5.41, 5.74) is 2.73. The first kappa shape index (κ1) is 15.3. The fourth-order valence-electron chi connectivity index (χ4n) is 2.12. The molecule has 0 radical (unpaired) electrons. The standard InChI is InChI=1S/C17H14N2O3S/c1-10-17(19-13-5-3-2-4-12(13)18-10)23-9-16(22)11-6-7-14(20)15(21)8-11/h2-8,20-21H,9H2,1H3. The van der Waals surface area contributed by atoms with Crippen LogP contribution in [0, 0.1) is 6.92 Å². The zero-order chi connectivity index (χ0) is 16.4. The largest absolute Gasteiger partial charge is 0.504 e. The van der Waals surface area contributed by atoms with Gasteiger partial charge in [0.1, 0.15) is 5.03 Å². The highest BCUT2D eigenvalue weighted by atomic mass is 32.2. The molecule has 2 N–H and O–H groups in total. The van der Waals surface area contributed by atoms with Crippen LogP contribution in [0.1, 0.15) is 16.1 Å². The number of Topliss-reactive ketones (excluding diaryl/α,β-unsaturated/α-hetero) is 1. The number of aromatic hydroxyl groups is 2. The Labute approximate surface area is 137 Å². The van der Waals surface area contributed by atoms with Gasteiger partial charge in [0.15, 0.2) is 17.3 Å². The number of thioether (sulfide) groups is 1. The number of phenols is 2. The zero-order valence-electron chi connectivity index (χ0n) is 12.4. The SMILES string of the molecule is Cc1nc2ccccc2nc1SCC(=O)c1ccc(O)c(O)c1. The van der Waals surface area contributed by atoms with Crippen LogP contribution in [-0.2, 0) is 0 Å². The van der Waals surface area contributed by atoms with Crippen LogP contribution in [0.15, 0.2) is 47.5 Å². The molecule has 3 aromatic rings. The smallest absolute Gasteiger partial charge is 0.173 e. The minimum Gasteiger partial charge on any atom is -0.504 e. The number of aryl methyl sites for hydroxylation is 1. The number of phenolic OH excluding ortho intramolecular Hbond substituents is 2. The van der Waals surface area contributed by atoms with Crippen LogP contribution in [0.25, 0.3) is 11.0 Å². The quantitative estimate of drug-likeness (QED) is 0.435. The van der Waals surface area contributed by atoms with E-state index in [9.17, 15) is 15.0 Å². The van der Waals surface area contributed by atoms with Gasteiger partial charge in [0.25, 0.3) is 0 Å². The Morgan fingerprint density at radius 1 is 1.04 bits per heavy atom. The molecule has 0 saturated carbocycles. The van der Waals surface area contributed by atoms with Crippen molar-refractivity contribution in [2.24, 2.45) is 0 Å². The Kier molecular flexibility index (Phi) is 4.16. The van der Waals surface area contributed by atoms with Gasteiger partial charge in [0.05, 0.1) is 22.5 Å². The monoisotopic (exact) mass is 326 g/mol. The number of aromatic nitrogens is 2. The van der Waals surface area contributed by atoms with Gasteiger partial charge < -0.3 is 10.2 Å². The summed E-state index contributed by atoms with van der Waals surface area (Å²) >= 11 is 1.31. The van der Waals surface area contributed by atoms with Crippen molar-refractivity contribution in [3.8, 4) is 11.5 Å². The van der Waals surface area contributed by atoms with Crippen molar-refractivity contribution in [1.82, 2.24) is 9.97 Å². The molecule has 6 heteroatoms. The molecular weight excluding hydrogens is 312 g/mol. The molecule has 0 atom stereocenters. The number of carbonyl (C=O) groups is 1. The van der Waals surface area contributed by atoms with Crippen LogP contribution < -0.4 is 0 Å². The average Bonchev–Trinajstić information content (AvgIpc) is 2.55. The summed E-state index contributed by atoms with van der Waals surface area (Å²) in [5.74, 6) is -0.523. The van der Waals surface area contributed by atoms with E-state index < -0.39 is 0 Å². The number of fused-ring (bicyclic) bond motifs is 1. The third kappa shape index (κ3) is 3.27. The van der Waals surface area contributed by atoms with E-state index in [4.69, 9.17) is 0 Å². The number of para-hydroxylation sites is 2. The van der Waals surface area contributed by atoms with Crippen molar-refractivity contribution < 1.29 is 15.0 Å². The molecule has 2 aromatic carbocycles. The van der Waals surface area contributed by atoms with Gasteiger partial charge in [0.2, 0.25) is 0 Å². The van der Waals surface area contributed by atoms with Crippen LogP contribution >= 0.6 is 11.8 Å². The molecule has 0 unspecified atom stereocenters. The molecule has 0 saturated heterocycles. The molecule has 5 nitrogen and oxygen atoms in total. The van der Waals surface area contributed by atoms with Gasteiger partial charge in [-0.1, -0.05) is 23.9 Å². The topological polar surface area (TPSA) is 83.3 Å². The number of hydrogen-bond donors (Lipinski definition) is 2. The van der Waals surface area contributed by atoms with Gasteiger partial charge in [-0.2, -0.15) is 0 Å². The second-order valence-corrected chi connectivity index (χ2v) is 5.98. The van der Waals surface area contributed by atoms with E-state index in [2.05, 4.69) is 9.97 Å². The molecule has 0 fully saturated rings. The maximum absolute atomic E-state index is 12.2. The van der Waals surface area contributed by atoms with Crippen LogP contribution in [0.3, 0.4) is 0 Å². The summed E-state index contributed by atoms with van der Waals surface area (Å²) in [6, 6.07) is 11.6. The van der Waals surface area contributed by atoms with Gasteiger partial charge >= 0.3 is 0 Å². The Morgan fingerprint density at radius 3 is 2.43 bits per heavy atom. The normalized spacial score (nSPS) is 10.8. The summed E-state index contributed by atoms with van der Waals surface area (Å²) in [7, 11) is 0. The predicted octanol–water partition coefficient (Wildman–Crippen LogP) is 3.32. The number of nitrogens with zero attached hydrogens (tertiary/aromatic N) is 2. The van der Waals surface area contributed by atoms with Crippen molar-refractivity contribution in [3.05, 3.63) is 53.7 Å². The molecule has 116 valence electrons. The first-order chi connectivity index (χ1) is 11.0. The zero-order valence-corrected chi connectivity index (χ0v) is 13.2. The molecule has 0 aliphatic carbocycles. The predicted molar refractivity (Wildman–Crippen MR) is 89.1 cm³/mol. The lowest BCUT2D eigenvalue weighted by atomic mass is 10.1. The fraction of sp³-hybridized carbons (Fsp3) is 0.118. The third-order valence-electron chi connectivity index (χ3n) is 3.34. The maximum atomic E-state index is 12.2. The lowest BCUT2D eigenvalue weighted by Gasteiger charge is -2.06. The summed E-state index contributed by atoms with van der Waals surface area (Å²) < 4.78 is 0. The molecule has 0 aliphatic rings. The number of benzene rings is 2. The Hall–Kier alpha value is -2.60. The van der Waals surface area contributed by atoms with Crippen LogP contribution in [0.2, 0.25) is 0 Å². The molecule has 0 amide bonds. The summed E-state index contributed by atoms with van der Waals surface area (Å²) in [5, 5.41) is 19.5. The second-order valence-electron chi connectivity index (χ2n) is 5.02. The van der Waals surface area contributed by atoms with E-state index in [1.54, 1.807) is 0 Å². The average molecular weight is 326 g/mol. The number of ketones is 1.